The smallest absolute Gasteiger partial charge is 0.273 e. The first-order valence-electron chi connectivity index (χ1n) is 8.09. The Morgan fingerprint density at radius 2 is 2.04 bits per heavy atom. The number of hydrogen-bond acceptors (Lipinski definition) is 5. The van der Waals surface area contributed by atoms with Crippen LogP contribution in [-0.2, 0) is 4.79 Å². The van der Waals surface area contributed by atoms with E-state index in [1.54, 1.807) is 17.8 Å². The highest BCUT2D eigenvalue weighted by atomic mass is 32.1. The molecule has 0 aliphatic carbocycles. The number of nitrogens with zero attached hydrogens (tertiary/aromatic N) is 3. The van der Waals surface area contributed by atoms with Gasteiger partial charge in [-0.25, -0.2) is 4.98 Å². The van der Waals surface area contributed by atoms with E-state index in [2.05, 4.69) is 15.3 Å². The molecule has 1 N–H and O–H groups in total. The monoisotopic (exact) mass is 344 g/mol. The fourth-order valence-electron chi connectivity index (χ4n) is 3.01. The number of carbonyl (C=O) groups excluding carboxylic acids is 2. The Labute approximate surface area is 144 Å². The Bertz CT molecular complexity index is 716. The molecule has 24 heavy (non-hydrogen) atoms. The number of hydrogen-bond donors (Lipinski definition) is 1. The minimum absolute atomic E-state index is 0.0499. The van der Waals surface area contributed by atoms with Gasteiger partial charge in [-0.3, -0.25) is 14.6 Å². The molecule has 3 rings (SSSR count). The van der Waals surface area contributed by atoms with Gasteiger partial charge in [0.05, 0.1) is 6.04 Å². The topological polar surface area (TPSA) is 75.2 Å². The van der Waals surface area contributed by atoms with E-state index in [1.165, 1.54) is 18.3 Å². The molecule has 0 spiro atoms. The molecule has 1 fully saturated rings. The van der Waals surface area contributed by atoms with Crippen molar-refractivity contribution in [2.24, 2.45) is 0 Å². The van der Waals surface area contributed by atoms with E-state index in [0.717, 1.165) is 37.8 Å². The number of amides is 2. The summed E-state index contributed by atoms with van der Waals surface area (Å²) in [6.45, 7) is 2.15. The van der Waals surface area contributed by atoms with Gasteiger partial charge in [0.25, 0.3) is 5.91 Å². The lowest BCUT2D eigenvalue weighted by Crippen LogP contribution is -2.35. The summed E-state index contributed by atoms with van der Waals surface area (Å²) < 4.78 is 0. The van der Waals surface area contributed by atoms with Crippen LogP contribution < -0.4 is 5.32 Å². The first-order chi connectivity index (χ1) is 11.6. The van der Waals surface area contributed by atoms with Gasteiger partial charge in [0.15, 0.2) is 5.13 Å². The van der Waals surface area contributed by atoms with Crippen LogP contribution >= 0.6 is 11.3 Å². The number of carbonyl (C=O) groups is 2. The number of aromatic nitrogens is 2. The van der Waals surface area contributed by atoms with Crippen molar-refractivity contribution in [1.29, 1.82) is 0 Å². The van der Waals surface area contributed by atoms with E-state index < -0.39 is 0 Å². The molecule has 126 valence electrons. The van der Waals surface area contributed by atoms with E-state index in [0.29, 0.717) is 10.8 Å². The molecule has 2 aromatic heterocycles. The summed E-state index contributed by atoms with van der Waals surface area (Å²) in [6, 6.07) is 3.99. The Kier molecular flexibility index (Phi) is 5.20. The van der Waals surface area contributed by atoms with Crippen LogP contribution in [0.5, 0.6) is 0 Å². The molecule has 0 aromatic carbocycles. The largest absolute Gasteiger partial charge is 0.330 e. The SMILES string of the molecule is CC(=O)Nc1nc(C(=O)N2CCCCC[C@H]2c2ccncc2)cs1. The molecule has 7 heteroatoms. The van der Waals surface area contributed by atoms with Gasteiger partial charge < -0.3 is 10.2 Å². The Morgan fingerprint density at radius 3 is 2.79 bits per heavy atom. The van der Waals surface area contributed by atoms with Crippen molar-refractivity contribution in [3.05, 3.63) is 41.2 Å². The molecule has 0 unspecified atom stereocenters. The molecule has 3 heterocycles. The summed E-state index contributed by atoms with van der Waals surface area (Å²) in [4.78, 5) is 34.4. The molecule has 1 aliphatic rings. The zero-order valence-corrected chi connectivity index (χ0v) is 14.4. The third-order valence-corrected chi connectivity index (χ3v) is 4.87. The fraction of sp³-hybridized carbons (Fsp3) is 0.412. The second kappa shape index (κ2) is 7.53. The van der Waals surface area contributed by atoms with Crippen LogP contribution in [0.15, 0.2) is 29.9 Å². The van der Waals surface area contributed by atoms with Crippen molar-refractivity contribution in [3.8, 4) is 0 Å². The van der Waals surface area contributed by atoms with E-state index in [-0.39, 0.29) is 17.9 Å². The first kappa shape index (κ1) is 16.6. The van der Waals surface area contributed by atoms with Gasteiger partial charge >= 0.3 is 0 Å². The van der Waals surface area contributed by atoms with Gasteiger partial charge in [0.2, 0.25) is 5.91 Å². The highest BCUT2D eigenvalue weighted by molar-refractivity contribution is 7.14. The van der Waals surface area contributed by atoms with Crippen LogP contribution in [0.1, 0.15) is 54.7 Å². The van der Waals surface area contributed by atoms with Crippen LogP contribution in [0, 0.1) is 0 Å². The summed E-state index contributed by atoms with van der Waals surface area (Å²) in [7, 11) is 0. The molecule has 2 aromatic rings. The molecule has 0 bridgehead atoms. The van der Waals surface area contributed by atoms with Crippen molar-refractivity contribution < 1.29 is 9.59 Å². The van der Waals surface area contributed by atoms with E-state index in [4.69, 9.17) is 0 Å². The number of nitrogens with one attached hydrogen (secondary N) is 1. The summed E-state index contributed by atoms with van der Waals surface area (Å²) >= 11 is 1.27. The van der Waals surface area contributed by atoms with Gasteiger partial charge in [-0.1, -0.05) is 12.8 Å². The normalized spacial score (nSPS) is 18.0. The number of pyridine rings is 1. The summed E-state index contributed by atoms with van der Waals surface area (Å²) in [5.41, 5.74) is 1.50. The van der Waals surface area contributed by atoms with E-state index >= 15 is 0 Å². The van der Waals surface area contributed by atoms with E-state index in [9.17, 15) is 9.59 Å². The number of anilines is 1. The fourth-order valence-corrected chi connectivity index (χ4v) is 3.74. The molecule has 1 saturated heterocycles. The van der Waals surface area contributed by atoms with Crippen LogP contribution in [0.3, 0.4) is 0 Å². The predicted octanol–water partition coefficient (Wildman–Crippen LogP) is 3.25. The lowest BCUT2D eigenvalue weighted by atomic mass is 10.0. The van der Waals surface area contributed by atoms with E-state index in [1.807, 2.05) is 17.0 Å². The average Bonchev–Trinajstić information content (AvgIpc) is 2.90. The maximum absolute atomic E-state index is 13.0. The summed E-state index contributed by atoms with van der Waals surface area (Å²) in [6.07, 6.45) is 7.69. The van der Waals surface area contributed by atoms with Crippen molar-refractivity contribution in [2.75, 3.05) is 11.9 Å². The number of rotatable bonds is 3. The van der Waals surface area contributed by atoms with Gasteiger partial charge in [-0.05, 0) is 30.5 Å². The highest BCUT2D eigenvalue weighted by Gasteiger charge is 2.28. The zero-order valence-electron chi connectivity index (χ0n) is 13.6. The minimum atomic E-state index is -0.187. The standard InChI is InChI=1S/C17H20N4O2S/c1-12(22)19-17-20-14(11-24-17)16(23)21-10-4-2-3-5-15(21)13-6-8-18-9-7-13/h6-9,11,15H,2-5,10H2,1H3,(H,19,20,22)/t15-/m0/s1. The lowest BCUT2D eigenvalue weighted by molar-refractivity contribution is -0.114. The molecule has 1 aliphatic heterocycles. The van der Waals surface area contributed by atoms with Gasteiger partial charge in [0.1, 0.15) is 5.69 Å². The average molecular weight is 344 g/mol. The summed E-state index contributed by atoms with van der Waals surface area (Å²) in [5.74, 6) is -0.264. The Hall–Kier alpha value is -2.28. The van der Waals surface area contributed by atoms with Crippen LogP contribution in [0.2, 0.25) is 0 Å². The Balaban J connectivity index is 1.84. The van der Waals surface area contributed by atoms with Gasteiger partial charge in [-0.15, -0.1) is 11.3 Å². The lowest BCUT2D eigenvalue weighted by Gasteiger charge is -2.29. The third-order valence-electron chi connectivity index (χ3n) is 4.11. The van der Waals surface area contributed by atoms with Gasteiger partial charge in [0, 0.05) is 31.2 Å². The molecule has 6 nitrogen and oxygen atoms in total. The number of likely N-dealkylation sites (tertiary alicyclic amines) is 1. The molecule has 0 saturated carbocycles. The zero-order chi connectivity index (χ0) is 16.9. The molecule has 2 amide bonds. The maximum atomic E-state index is 13.0. The second-order valence-electron chi connectivity index (χ2n) is 5.86. The third kappa shape index (κ3) is 3.79. The number of thiazole rings is 1. The first-order valence-corrected chi connectivity index (χ1v) is 8.97. The van der Waals surface area contributed by atoms with Gasteiger partial charge in [-0.2, -0.15) is 0 Å². The molecule has 1 atom stereocenters. The molecular weight excluding hydrogens is 324 g/mol. The summed E-state index contributed by atoms with van der Waals surface area (Å²) in [5, 5.41) is 4.80. The van der Waals surface area contributed by atoms with Crippen LogP contribution in [0.25, 0.3) is 0 Å². The minimum Gasteiger partial charge on any atom is -0.330 e. The molecular formula is C17H20N4O2S. The van der Waals surface area contributed by atoms with Crippen molar-refractivity contribution in [2.45, 2.75) is 38.6 Å². The maximum Gasteiger partial charge on any atom is 0.273 e. The highest BCUT2D eigenvalue weighted by Crippen LogP contribution is 2.31. The van der Waals surface area contributed by atoms with Crippen molar-refractivity contribution >= 4 is 28.3 Å². The Morgan fingerprint density at radius 1 is 1.25 bits per heavy atom. The van der Waals surface area contributed by atoms with Crippen molar-refractivity contribution in [1.82, 2.24) is 14.9 Å². The van der Waals surface area contributed by atoms with Crippen LogP contribution in [0.4, 0.5) is 5.13 Å². The van der Waals surface area contributed by atoms with Crippen LogP contribution in [-0.4, -0.2) is 33.2 Å². The predicted molar refractivity (Wildman–Crippen MR) is 92.9 cm³/mol. The molecule has 0 radical (unpaired) electrons. The quantitative estimate of drug-likeness (QED) is 0.927. The second-order valence-corrected chi connectivity index (χ2v) is 6.72. The van der Waals surface area contributed by atoms with Crippen molar-refractivity contribution in [3.63, 3.8) is 0 Å².